The van der Waals surface area contributed by atoms with Gasteiger partial charge < -0.3 is 15.4 Å². The number of phenols is 2. The van der Waals surface area contributed by atoms with Crippen LogP contribution in [0.2, 0.25) is 0 Å². The zero-order valence-electron chi connectivity index (χ0n) is 15.7. The number of fused-ring (bicyclic) bond motifs is 2. The number of rotatable bonds is 7. The van der Waals surface area contributed by atoms with Gasteiger partial charge in [-0.1, -0.05) is 62.0 Å². The average molecular weight is 381 g/mol. The van der Waals surface area contributed by atoms with Crippen LogP contribution in [0.5, 0.6) is 11.5 Å². The van der Waals surface area contributed by atoms with E-state index in [0.29, 0.717) is 6.42 Å². The molecule has 0 heterocycles. The van der Waals surface area contributed by atoms with Crippen molar-refractivity contribution < 1.29 is 25.0 Å². The first-order valence-corrected chi connectivity index (χ1v) is 9.49. The average Bonchev–Trinajstić information content (AvgIpc) is 2.70. The van der Waals surface area contributed by atoms with Crippen molar-refractivity contribution >= 4 is 17.3 Å². The van der Waals surface area contributed by atoms with Crippen molar-refractivity contribution in [1.82, 2.24) is 0 Å². The number of hydrogen-bond donors (Lipinski definition) is 3. The van der Waals surface area contributed by atoms with Crippen LogP contribution in [-0.4, -0.2) is 32.7 Å². The molecule has 3 rings (SSSR count). The Bertz CT molecular complexity index is 962. The fraction of sp³-hybridized carbons (Fsp3) is 0.318. The lowest BCUT2D eigenvalue weighted by Crippen LogP contribution is -2.22. The maximum absolute atomic E-state index is 12.9. The molecule has 0 spiro atoms. The monoisotopic (exact) mass is 381 g/mol. The standard InChI is InChI=1S/C22H23NO5/c1-2-3-4-5-6-11-16(23-28)15-12-17(24)18-19(22(15)27)21(26)14-10-8-7-9-13(14)20(18)25/h7-10,12,24,27-28H,2-6,11H2,1H3/b23-16+. The van der Waals surface area contributed by atoms with Gasteiger partial charge in [0.1, 0.15) is 11.5 Å². The summed E-state index contributed by atoms with van der Waals surface area (Å²) in [5, 5.41) is 33.9. The minimum Gasteiger partial charge on any atom is -0.507 e. The number of phenolic OH excluding ortho intramolecular Hbond substituents is 2. The Hall–Kier alpha value is -3.15. The molecule has 0 saturated heterocycles. The Morgan fingerprint density at radius 1 is 0.929 bits per heavy atom. The van der Waals surface area contributed by atoms with Crippen LogP contribution in [0.15, 0.2) is 35.5 Å². The highest BCUT2D eigenvalue weighted by atomic mass is 16.4. The van der Waals surface area contributed by atoms with Crippen LogP contribution in [0, 0.1) is 0 Å². The van der Waals surface area contributed by atoms with Gasteiger partial charge in [-0.3, -0.25) is 9.59 Å². The van der Waals surface area contributed by atoms with Crippen molar-refractivity contribution in [2.75, 3.05) is 0 Å². The van der Waals surface area contributed by atoms with E-state index in [-0.39, 0.29) is 33.5 Å². The molecule has 2 aromatic carbocycles. The minimum atomic E-state index is -0.542. The number of unbranched alkanes of at least 4 members (excludes halogenated alkanes) is 4. The molecule has 0 aliphatic heterocycles. The molecular weight excluding hydrogens is 358 g/mol. The molecule has 146 valence electrons. The third-order valence-corrected chi connectivity index (χ3v) is 5.10. The molecule has 2 aromatic rings. The maximum atomic E-state index is 12.9. The molecule has 0 unspecified atom stereocenters. The quantitative estimate of drug-likeness (QED) is 0.185. The molecule has 0 bridgehead atoms. The van der Waals surface area contributed by atoms with E-state index in [1.54, 1.807) is 12.1 Å². The van der Waals surface area contributed by atoms with Crippen LogP contribution in [0.3, 0.4) is 0 Å². The van der Waals surface area contributed by atoms with Gasteiger partial charge in [0, 0.05) is 16.7 Å². The normalized spacial score (nSPS) is 13.4. The van der Waals surface area contributed by atoms with Crippen LogP contribution in [0.25, 0.3) is 0 Å². The smallest absolute Gasteiger partial charge is 0.198 e. The zero-order chi connectivity index (χ0) is 20.3. The lowest BCUT2D eigenvalue weighted by atomic mass is 9.81. The van der Waals surface area contributed by atoms with Crippen molar-refractivity contribution in [2.24, 2.45) is 5.16 Å². The van der Waals surface area contributed by atoms with Crippen LogP contribution in [0.4, 0.5) is 0 Å². The highest BCUT2D eigenvalue weighted by Gasteiger charge is 2.36. The highest BCUT2D eigenvalue weighted by molar-refractivity contribution is 6.31. The number of carbonyl (C=O) groups excluding carboxylic acids is 2. The molecule has 0 fully saturated rings. The molecule has 0 atom stereocenters. The molecule has 0 radical (unpaired) electrons. The van der Waals surface area contributed by atoms with Crippen LogP contribution in [-0.2, 0) is 0 Å². The number of hydrogen-bond acceptors (Lipinski definition) is 6. The molecule has 6 heteroatoms. The van der Waals surface area contributed by atoms with Gasteiger partial charge in [0.05, 0.1) is 16.8 Å². The lowest BCUT2D eigenvalue weighted by molar-refractivity contribution is 0.0974. The summed E-state index contributed by atoms with van der Waals surface area (Å²) in [6, 6.07) is 7.48. The molecule has 28 heavy (non-hydrogen) atoms. The second-order valence-corrected chi connectivity index (χ2v) is 6.96. The highest BCUT2D eigenvalue weighted by Crippen LogP contribution is 2.40. The first-order valence-electron chi connectivity index (χ1n) is 9.49. The van der Waals surface area contributed by atoms with Gasteiger partial charge in [-0.05, 0) is 18.9 Å². The van der Waals surface area contributed by atoms with Crippen LogP contribution < -0.4 is 0 Å². The van der Waals surface area contributed by atoms with Gasteiger partial charge >= 0.3 is 0 Å². The van der Waals surface area contributed by atoms with Crippen LogP contribution >= 0.6 is 0 Å². The Labute approximate surface area is 163 Å². The van der Waals surface area contributed by atoms with Gasteiger partial charge in [-0.2, -0.15) is 0 Å². The summed E-state index contributed by atoms with van der Waals surface area (Å²) in [7, 11) is 0. The SMILES string of the molecule is CCCCCCC/C(=N\O)c1cc(O)c2c(c1O)C(=O)c1ccccc1C2=O. The van der Waals surface area contributed by atoms with Crippen molar-refractivity contribution in [3.63, 3.8) is 0 Å². The van der Waals surface area contributed by atoms with E-state index in [1.807, 2.05) is 0 Å². The molecule has 0 saturated carbocycles. The van der Waals surface area contributed by atoms with E-state index in [0.717, 1.165) is 32.1 Å². The van der Waals surface area contributed by atoms with E-state index in [9.17, 15) is 25.0 Å². The van der Waals surface area contributed by atoms with Crippen molar-refractivity contribution in [3.8, 4) is 11.5 Å². The summed E-state index contributed by atoms with van der Waals surface area (Å²) < 4.78 is 0. The van der Waals surface area contributed by atoms with E-state index < -0.39 is 23.1 Å². The van der Waals surface area contributed by atoms with E-state index in [1.165, 1.54) is 18.2 Å². The number of nitrogens with zero attached hydrogens (tertiary/aromatic N) is 1. The Kier molecular flexibility index (Phi) is 5.78. The predicted octanol–water partition coefficient (Wildman–Crippen LogP) is 4.41. The van der Waals surface area contributed by atoms with Crippen molar-refractivity contribution in [3.05, 3.63) is 58.1 Å². The third kappa shape index (κ3) is 3.38. The molecule has 0 amide bonds. The second-order valence-electron chi connectivity index (χ2n) is 6.96. The topological polar surface area (TPSA) is 107 Å². The first-order chi connectivity index (χ1) is 13.5. The summed E-state index contributed by atoms with van der Waals surface area (Å²) in [5.74, 6) is -1.92. The first kappa shape index (κ1) is 19.6. The van der Waals surface area contributed by atoms with E-state index in [4.69, 9.17) is 0 Å². The number of aromatic hydroxyl groups is 2. The van der Waals surface area contributed by atoms with E-state index in [2.05, 4.69) is 12.1 Å². The van der Waals surface area contributed by atoms with Gasteiger partial charge in [0.15, 0.2) is 11.6 Å². The largest absolute Gasteiger partial charge is 0.507 e. The molecule has 0 aromatic heterocycles. The summed E-state index contributed by atoms with van der Waals surface area (Å²) in [6.07, 6.45) is 5.34. The summed E-state index contributed by atoms with van der Waals surface area (Å²) >= 11 is 0. The molecule has 3 N–H and O–H groups in total. The fourth-order valence-electron chi connectivity index (χ4n) is 3.61. The van der Waals surface area contributed by atoms with Gasteiger partial charge in [0.2, 0.25) is 0 Å². The summed E-state index contributed by atoms with van der Waals surface area (Å²) in [5.41, 5.74) is 0.139. The fourth-order valence-corrected chi connectivity index (χ4v) is 3.61. The number of oxime groups is 1. The third-order valence-electron chi connectivity index (χ3n) is 5.10. The number of benzene rings is 2. The lowest BCUT2D eigenvalue weighted by Gasteiger charge is -2.21. The zero-order valence-corrected chi connectivity index (χ0v) is 15.7. The molecular formula is C22H23NO5. The van der Waals surface area contributed by atoms with Gasteiger partial charge in [-0.25, -0.2) is 0 Å². The predicted molar refractivity (Wildman–Crippen MR) is 105 cm³/mol. The van der Waals surface area contributed by atoms with E-state index >= 15 is 0 Å². The summed E-state index contributed by atoms with van der Waals surface area (Å²) in [4.78, 5) is 25.6. The van der Waals surface area contributed by atoms with Gasteiger partial charge in [-0.15, -0.1) is 0 Å². The minimum absolute atomic E-state index is 0.0646. The molecule has 1 aliphatic rings. The Morgan fingerprint density at radius 3 is 2.14 bits per heavy atom. The van der Waals surface area contributed by atoms with Crippen molar-refractivity contribution in [2.45, 2.75) is 45.4 Å². The summed E-state index contributed by atoms with van der Waals surface area (Å²) in [6.45, 7) is 2.12. The van der Waals surface area contributed by atoms with Crippen molar-refractivity contribution in [1.29, 1.82) is 0 Å². The Balaban J connectivity index is 2.00. The molecule has 6 nitrogen and oxygen atoms in total. The number of carbonyl (C=O) groups is 2. The second kappa shape index (κ2) is 8.25. The number of ketones is 2. The van der Waals surface area contributed by atoms with Crippen LogP contribution in [0.1, 0.15) is 82.9 Å². The maximum Gasteiger partial charge on any atom is 0.198 e. The Morgan fingerprint density at radius 2 is 1.54 bits per heavy atom. The molecule has 1 aliphatic carbocycles. The van der Waals surface area contributed by atoms with Gasteiger partial charge in [0.25, 0.3) is 0 Å².